The van der Waals surface area contributed by atoms with E-state index in [0.717, 1.165) is 17.7 Å². The summed E-state index contributed by atoms with van der Waals surface area (Å²) in [5.41, 5.74) is 3.23. The number of pyridine rings is 1. The van der Waals surface area contributed by atoms with Gasteiger partial charge in [-0.3, -0.25) is 4.98 Å². The van der Waals surface area contributed by atoms with Gasteiger partial charge < -0.3 is 10.6 Å². The average molecular weight is 283 g/mol. The molecule has 110 valence electrons. The van der Waals surface area contributed by atoms with Crippen LogP contribution in [-0.2, 0) is 6.42 Å². The number of hydrogen-bond donors (Lipinski definition) is 2. The quantitative estimate of drug-likeness (QED) is 0.881. The molecule has 2 aromatic rings. The molecule has 0 bridgehead atoms. The Bertz CT molecular complexity index is 564. The van der Waals surface area contributed by atoms with Crippen LogP contribution in [0.3, 0.4) is 0 Å². The third-order valence-electron chi connectivity index (χ3n) is 3.28. The van der Waals surface area contributed by atoms with Crippen LogP contribution in [0.4, 0.5) is 10.5 Å². The van der Waals surface area contributed by atoms with Crippen molar-refractivity contribution < 1.29 is 4.79 Å². The first-order valence-corrected chi connectivity index (χ1v) is 7.19. The van der Waals surface area contributed by atoms with Crippen molar-refractivity contribution in [1.82, 2.24) is 10.3 Å². The van der Waals surface area contributed by atoms with E-state index in [9.17, 15) is 4.79 Å². The van der Waals surface area contributed by atoms with Crippen molar-refractivity contribution in [2.24, 2.45) is 0 Å². The number of hydrogen-bond acceptors (Lipinski definition) is 2. The van der Waals surface area contributed by atoms with E-state index in [1.807, 2.05) is 36.4 Å². The fourth-order valence-electron chi connectivity index (χ4n) is 2.00. The van der Waals surface area contributed by atoms with Gasteiger partial charge in [-0.15, -0.1) is 0 Å². The third-order valence-corrected chi connectivity index (χ3v) is 3.28. The lowest BCUT2D eigenvalue weighted by Crippen LogP contribution is -2.30. The maximum Gasteiger partial charge on any atom is 0.319 e. The Morgan fingerprint density at radius 3 is 2.38 bits per heavy atom. The zero-order chi connectivity index (χ0) is 15.1. The molecule has 0 aliphatic carbocycles. The molecule has 0 atom stereocenters. The summed E-state index contributed by atoms with van der Waals surface area (Å²) in [5.74, 6) is 0.494. The summed E-state index contributed by atoms with van der Waals surface area (Å²) in [4.78, 5) is 15.8. The molecule has 0 fully saturated rings. The summed E-state index contributed by atoms with van der Waals surface area (Å²) in [7, 11) is 0. The van der Waals surface area contributed by atoms with Crippen LogP contribution in [-0.4, -0.2) is 17.6 Å². The monoisotopic (exact) mass is 283 g/mol. The Hall–Kier alpha value is -2.36. The molecule has 0 saturated carbocycles. The molecule has 0 spiro atoms. The van der Waals surface area contributed by atoms with Crippen LogP contribution in [0.2, 0.25) is 0 Å². The molecule has 1 aromatic carbocycles. The van der Waals surface area contributed by atoms with Crippen molar-refractivity contribution in [2.75, 3.05) is 11.9 Å². The summed E-state index contributed by atoms with van der Waals surface area (Å²) < 4.78 is 0. The van der Waals surface area contributed by atoms with Gasteiger partial charge in [-0.25, -0.2) is 4.79 Å². The topological polar surface area (TPSA) is 54.0 Å². The van der Waals surface area contributed by atoms with Crippen molar-refractivity contribution in [1.29, 1.82) is 0 Å². The number of aromatic nitrogens is 1. The van der Waals surface area contributed by atoms with Crippen LogP contribution in [0.5, 0.6) is 0 Å². The molecule has 2 amide bonds. The van der Waals surface area contributed by atoms with Crippen LogP contribution in [0.15, 0.2) is 48.8 Å². The highest BCUT2D eigenvalue weighted by atomic mass is 16.2. The van der Waals surface area contributed by atoms with Crippen molar-refractivity contribution in [3.8, 4) is 0 Å². The van der Waals surface area contributed by atoms with Crippen LogP contribution >= 0.6 is 0 Å². The Labute approximate surface area is 125 Å². The number of amides is 2. The Morgan fingerprint density at radius 1 is 1.10 bits per heavy atom. The fourth-order valence-corrected chi connectivity index (χ4v) is 2.00. The molecule has 2 rings (SSSR count). The lowest BCUT2D eigenvalue weighted by atomic mass is 10.0. The summed E-state index contributed by atoms with van der Waals surface area (Å²) in [6, 6.07) is 11.7. The molecule has 1 heterocycles. The SMILES string of the molecule is CC(C)c1ccc(NC(=O)NCCc2ccncc2)cc1. The fraction of sp³-hybridized carbons (Fsp3) is 0.294. The van der Waals surface area contributed by atoms with Gasteiger partial charge in [0.1, 0.15) is 0 Å². The average Bonchev–Trinajstić information content (AvgIpc) is 2.49. The van der Waals surface area contributed by atoms with Gasteiger partial charge in [0.05, 0.1) is 0 Å². The van der Waals surface area contributed by atoms with E-state index in [4.69, 9.17) is 0 Å². The summed E-state index contributed by atoms with van der Waals surface area (Å²) in [6.07, 6.45) is 4.31. The molecule has 4 nitrogen and oxygen atoms in total. The number of benzene rings is 1. The highest BCUT2D eigenvalue weighted by molar-refractivity contribution is 5.89. The first-order valence-electron chi connectivity index (χ1n) is 7.19. The predicted octanol–water partition coefficient (Wildman–Crippen LogP) is 3.57. The van der Waals surface area contributed by atoms with Gasteiger partial charge in [-0.1, -0.05) is 26.0 Å². The van der Waals surface area contributed by atoms with Gasteiger partial charge in [0.2, 0.25) is 0 Å². The summed E-state index contributed by atoms with van der Waals surface area (Å²) >= 11 is 0. The molecule has 0 unspecified atom stereocenters. The molecule has 0 saturated heterocycles. The van der Waals surface area contributed by atoms with E-state index in [-0.39, 0.29) is 6.03 Å². The Balaban J connectivity index is 1.76. The van der Waals surface area contributed by atoms with Gasteiger partial charge in [-0.2, -0.15) is 0 Å². The molecule has 4 heteroatoms. The second kappa shape index (κ2) is 7.43. The Morgan fingerprint density at radius 2 is 1.76 bits per heavy atom. The number of urea groups is 1. The van der Waals surface area contributed by atoms with Crippen molar-refractivity contribution in [3.63, 3.8) is 0 Å². The van der Waals surface area contributed by atoms with Crippen LogP contribution in [0.1, 0.15) is 30.9 Å². The van der Waals surface area contributed by atoms with E-state index >= 15 is 0 Å². The normalized spacial score (nSPS) is 10.4. The first kappa shape index (κ1) is 15.0. The van der Waals surface area contributed by atoms with Gasteiger partial charge in [0.25, 0.3) is 0 Å². The number of rotatable bonds is 5. The molecule has 21 heavy (non-hydrogen) atoms. The molecule has 2 N–H and O–H groups in total. The van der Waals surface area contributed by atoms with Crippen molar-refractivity contribution in [2.45, 2.75) is 26.2 Å². The molecule has 0 radical (unpaired) electrons. The first-order chi connectivity index (χ1) is 10.1. The number of nitrogens with one attached hydrogen (secondary N) is 2. The minimum Gasteiger partial charge on any atom is -0.338 e. The third kappa shape index (κ3) is 4.91. The smallest absolute Gasteiger partial charge is 0.319 e. The number of carbonyl (C=O) groups excluding carboxylic acids is 1. The zero-order valence-corrected chi connectivity index (χ0v) is 12.5. The minimum atomic E-state index is -0.179. The highest BCUT2D eigenvalue weighted by Crippen LogP contribution is 2.16. The largest absolute Gasteiger partial charge is 0.338 e. The predicted molar refractivity (Wildman–Crippen MR) is 85.5 cm³/mol. The second-order valence-electron chi connectivity index (χ2n) is 5.26. The van der Waals surface area contributed by atoms with E-state index in [2.05, 4.69) is 29.5 Å². The number of anilines is 1. The van der Waals surface area contributed by atoms with Gasteiger partial charge in [0.15, 0.2) is 0 Å². The summed E-state index contributed by atoms with van der Waals surface area (Å²) in [6.45, 7) is 4.89. The minimum absolute atomic E-state index is 0.179. The standard InChI is InChI=1S/C17H21N3O/c1-13(2)15-3-5-16(6-4-15)20-17(21)19-12-9-14-7-10-18-11-8-14/h3-8,10-11,13H,9,12H2,1-2H3,(H2,19,20,21). The van der Waals surface area contributed by atoms with E-state index in [1.54, 1.807) is 12.4 Å². The lowest BCUT2D eigenvalue weighted by molar-refractivity contribution is 0.252. The van der Waals surface area contributed by atoms with Gasteiger partial charge in [0, 0.05) is 24.6 Å². The molecule has 1 aromatic heterocycles. The van der Waals surface area contributed by atoms with Gasteiger partial charge in [-0.05, 0) is 47.7 Å². The maximum atomic E-state index is 11.8. The Kier molecular flexibility index (Phi) is 5.32. The number of nitrogens with zero attached hydrogens (tertiary/aromatic N) is 1. The van der Waals surface area contributed by atoms with E-state index in [1.165, 1.54) is 5.56 Å². The molecular formula is C17H21N3O. The zero-order valence-electron chi connectivity index (χ0n) is 12.5. The highest BCUT2D eigenvalue weighted by Gasteiger charge is 2.03. The van der Waals surface area contributed by atoms with Gasteiger partial charge >= 0.3 is 6.03 Å². The van der Waals surface area contributed by atoms with Crippen LogP contribution < -0.4 is 10.6 Å². The van der Waals surface area contributed by atoms with Crippen molar-refractivity contribution in [3.05, 3.63) is 59.9 Å². The maximum absolute atomic E-state index is 11.8. The molecule has 0 aliphatic heterocycles. The van der Waals surface area contributed by atoms with E-state index < -0.39 is 0 Å². The number of carbonyl (C=O) groups is 1. The van der Waals surface area contributed by atoms with E-state index in [0.29, 0.717) is 12.5 Å². The molecule has 0 aliphatic rings. The van der Waals surface area contributed by atoms with Crippen molar-refractivity contribution >= 4 is 11.7 Å². The van der Waals surface area contributed by atoms with Crippen LogP contribution in [0, 0.1) is 0 Å². The molecular weight excluding hydrogens is 262 g/mol. The summed E-state index contributed by atoms with van der Waals surface area (Å²) in [5, 5.41) is 5.68. The van der Waals surface area contributed by atoms with Crippen LogP contribution in [0.25, 0.3) is 0 Å². The second-order valence-corrected chi connectivity index (χ2v) is 5.26. The lowest BCUT2D eigenvalue weighted by Gasteiger charge is -2.09.